The highest BCUT2D eigenvalue weighted by Gasteiger charge is 2.11. The fourth-order valence-corrected chi connectivity index (χ4v) is 2.26. The zero-order chi connectivity index (χ0) is 14.8. The monoisotopic (exact) mass is 278 g/mol. The maximum Gasteiger partial charge on any atom is 0.354 e. The summed E-state index contributed by atoms with van der Waals surface area (Å²) in [5, 5.41) is 14.1. The molecule has 0 amide bonds. The van der Waals surface area contributed by atoms with Gasteiger partial charge in [0.25, 0.3) is 0 Å². The van der Waals surface area contributed by atoms with Crippen LogP contribution in [0.2, 0.25) is 0 Å². The number of fused-ring (bicyclic) bond motifs is 1. The lowest BCUT2D eigenvalue weighted by molar-refractivity contribution is 0.0691. The van der Waals surface area contributed by atoms with E-state index in [0.29, 0.717) is 5.82 Å². The van der Waals surface area contributed by atoms with Gasteiger partial charge in [0, 0.05) is 11.1 Å². The van der Waals surface area contributed by atoms with Crippen LogP contribution in [0.4, 0.5) is 11.5 Å². The number of anilines is 2. The highest BCUT2D eigenvalue weighted by molar-refractivity contribution is 5.98. The molecule has 0 fully saturated rings. The Labute approximate surface area is 122 Å². The number of nitrogens with zero attached hydrogens (tertiary/aromatic N) is 1. The first-order valence-corrected chi connectivity index (χ1v) is 6.60. The number of carboxylic acid groups (broad SMARTS) is 1. The molecule has 4 heteroatoms. The molecule has 104 valence electrons. The van der Waals surface area contributed by atoms with Crippen LogP contribution in [0.15, 0.2) is 54.6 Å². The second-order valence-corrected chi connectivity index (χ2v) is 4.88. The molecular weight excluding hydrogens is 264 g/mol. The van der Waals surface area contributed by atoms with Gasteiger partial charge in [-0.2, -0.15) is 0 Å². The van der Waals surface area contributed by atoms with Crippen LogP contribution in [0.3, 0.4) is 0 Å². The van der Waals surface area contributed by atoms with Gasteiger partial charge in [-0.05, 0) is 36.1 Å². The molecule has 21 heavy (non-hydrogen) atoms. The summed E-state index contributed by atoms with van der Waals surface area (Å²) in [6, 6.07) is 17.0. The van der Waals surface area contributed by atoms with E-state index in [4.69, 9.17) is 0 Å². The van der Waals surface area contributed by atoms with Gasteiger partial charge in [0.15, 0.2) is 5.69 Å². The third-order valence-corrected chi connectivity index (χ3v) is 3.24. The number of nitrogens with one attached hydrogen (secondary N) is 1. The van der Waals surface area contributed by atoms with E-state index in [1.165, 1.54) is 0 Å². The van der Waals surface area contributed by atoms with Crippen LogP contribution < -0.4 is 5.32 Å². The molecule has 0 spiro atoms. The molecule has 3 aromatic rings. The van der Waals surface area contributed by atoms with E-state index in [9.17, 15) is 9.90 Å². The highest BCUT2D eigenvalue weighted by Crippen LogP contribution is 2.26. The van der Waals surface area contributed by atoms with Gasteiger partial charge in [-0.1, -0.05) is 36.4 Å². The molecule has 0 aliphatic rings. The largest absolute Gasteiger partial charge is 0.477 e. The number of carboxylic acids is 1. The van der Waals surface area contributed by atoms with Crippen molar-refractivity contribution in [3.63, 3.8) is 0 Å². The minimum atomic E-state index is -1.03. The van der Waals surface area contributed by atoms with E-state index < -0.39 is 5.97 Å². The van der Waals surface area contributed by atoms with E-state index >= 15 is 0 Å². The number of rotatable bonds is 3. The molecule has 0 saturated carbocycles. The molecule has 1 aromatic heterocycles. The summed E-state index contributed by atoms with van der Waals surface area (Å²) in [5.74, 6) is -0.482. The fourth-order valence-electron chi connectivity index (χ4n) is 2.26. The lowest BCUT2D eigenvalue weighted by Gasteiger charge is -2.10. The Morgan fingerprint density at radius 2 is 1.90 bits per heavy atom. The van der Waals surface area contributed by atoms with Crippen molar-refractivity contribution in [2.24, 2.45) is 0 Å². The van der Waals surface area contributed by atoms with Crippen molar-refractivity contribution in [3.8, 4) is 0 Å². The number of aryl methyl sites for hydroxylation is 1. The Bertz CT molecular complexity index is 828. The molecule has 0 unspecified atom stereocenters. The minimum absolute atomic E-state index is 0.0313. The summed E-state index contributed by atoms with van der Waals surface area (Å²) in [6.45, 7) is 2.00. The van der Waals surface area contributed by atoms with Gasteiger partial charge in [-0.25, -0.2) is 9.78 Å². The molecular formula is C17H14N2O2. The summed E-state index contributed by atoms with van der Waals surface area (Å²) in [7, 11) is 0. The van der Waals surface area contributed by atoms with Gasteiger partial charge in [0.2, 0.25) is 0 Å². The lowest BCUT2D eigenvalue weighted by atomic mass is 10.1. The van der Waals surface area contributed by atoms with Crippen molar-refractivity contribution < 1.29 is 9.90 Å². The molecule has 3 rings (SSSR count). The van der Waals surface area contributed by atoms with Crippen LogP contribution in [0.5, 0.6) is 0 Å². The number of benzene rings is 2. The van der Waals surface area contributed by atoms with Crippen LogP contribution in [0.1, 0.15) is 16.1 Å². The van der Waals surface area contributed by atoms with E-state index in [1.807, 2.05) is 55.5 Å². The minimum Gasteiger partial charge on any atom is -0.477 e. The number of aromatic carboxylic acids is 1. The van der Waals surface area contributed by atoms with Crippen molar-refractivity contribution in [3.05, 3.63) is 65.9 Å². The Balaban J connectivity index is 2.13. The molecule has 1 heterocycles. The first kappa shape index (κ1) is 13.1. The smallest absolute Gasteiger partial charge is 0.354 e. The molecule has 0 bridgehead atoms. The number of hydrogen-bond acceptors (Lipinski definition) is 3. The zero-order valence-corrected chi connectivity index (χ0v) is 11.5. The molecule has 0 radical (unpaired) electrons. The van der Waals surface area contributed by atoms with Gasteiger partial charge >= 0.3 is 5.97 Å². The third kappa shape index (κ3) is 2.69. The summed E-state index contributed by atoms with van der Waals surface area (Å²) in [6.07, 6.45) is 0. The van der Waals surface area contributed by atoms with Crippen molar-refractivity contribution in [2.75, 3.05) is 5.32 Å². The van der Waals surface area contributed by atoms with Crippen LogP contribution in [0.25, 0.3) is 10.8 Å². The Hall–Kier alpha value is -2.88. The molecule has 0 aliphatic heterocycles. The predicted octanol–water partition coefficient (Wildman–Crippen LogP) is 3.99. The van der Waals surface area contributed by atoms with E-state index in [1.54, 1.807) is 6.07 Å². The standard InChI is InChI=1S/C17H14N2O2/c1-11-5-4-7-13(9-11)18-16-14-8-3-2-6-12(14)10-15(19-16)17(20)21/h2-10H,1H3,(H,18,19)(H,20,21). The van der Waals surface area contributed by atoms with Crippen LogP contribution in [-0.4, -0.2) is 16.1 Å². The average Bonchev–Trinajstić information content (AvgIpc) is 2.47. The Morgan fingerprint density at radius 1 is 1.10 bits per heavy atom. The number of aromatic nitrogens is 1. The summed E-state index contributed by atoms with van der Waals surface area (Å²) in [5.41, 5.74) is 2.04. The maximum atomic E-state index is 11.2. The summed E-state index contributed by atoms with van der Waals surface area (Å²) < 4.78 is 0. The van der Waals surface area contributed by atoms with Gasteiger partial charge in [-0.15, -0.1) is 0 Å². The number of pyridine rings is 1. The average molecular weight is 278 g/mol. The summed E-state index contributed by atoms with van der Waals surface area (Å²) in [4.78, 5) is 15.4. The second kappa shape index (κ2) is 5.25. The van der Waals surface area contributed by atoms with Gasteiger partial charge < -0.3 is 10.4 Å². The predicted molar refractivity (Wildman–Crippen MR) is 83.2 cm³/mol. The van der Waals surface area contributed by atoms with Crippen LogP contribution >= 0.6 is 0 Å². The van der Waals surface area contributed by atoms with Crippen LogP contribution in [-0.2, 0) is 0 Å². The van der Waals surface area contributed by atoms with Crippen LogP contribution in [0, 0.1) is 6.92 Å². The van der Waals surface area contributed by atoms with Gasteiger partial charge in [-0.3, -0.25) is 0 Å². The van der Waals surface area contributed by atoms with Gasteiger partial charge in [0.05, 0.1) is 0 Å². The quantitative estimate of drug-likeness (QED) is 0.760. The molecule has 2 N–H and O–H groups in total. The fraction of sp³-hybridized carbons (Fsp3) is 0.0588. The van der Waals surface area contributed by atoms with Crippen molar-refractivity contribution in [2.45, 2.75) is 6.92 Å². The van der Waals surface area contributed by atoms with Crippen molar-refractivity contribution >= 4 is 28.2 Å². The van der Waals surface area contributed by atoms with Crippen molar-refractivity contribution in [1.82, 2.24) is 4.98 Å². The normalized spacial score (nSPS) is 10.5. The second-order valence-electron chi connectivity index (χ2n) is 4.88. The first-order chi connectivity index (χ1) is 10.1. The molecule has 2 aromatic carbocycles. The molecule has 0 aliphatic carbocycles. The van der Waals surface area contributed by atoms with Gasteiger partial charge in [0.1, 0.15) is 5.82 Å². The van der Waals surface area contributed by atoms with E-state index in [0.717, 1.165) is 22.0 Å². The van der Waals surface area contributed by atoms with E-state index in [-0.39, 0.29) is 5.69 Å². The maximum absolute atomic E-state index is 11.2. The van der Waals surface area contributed by atoms with Crippen molar-refractivity contribution in [1.29, 1.82) is 0 Å². The highest BCUT2D eigenvalue weighted by atomic mass is 16.4. The molecule has 0 saturated heterocycles. The molecule has 0 atom stereocenters. The SMILES string of the molecule is Cc1cccc(Nc2nc(C(=O)O)cc3ccccc23)c1. The van der Waals surface area contributed by atoms with E-state index in [2.05, 4.69) is 10.3 Å². The third-order valence-electron chi connectivity index (χ3n) is 3.24. The Kier molecular flexibility index (Phi) is 3.28. The number of carbonyl (C=O) groups is 1. The zero-order valence-electron chi connectivity index (χ0n) is 11.5. The molecule has 4 nitrogen and oxygen atoms in total. The Morgan fingerprint density at radius 3 is 2.67 bits per heavy atom. The summed E-state index contributed by atoms with van der Waals surface area (Å²) >= 11 is 0. The lowest BCUT2D eigenvalue weighted by Crippen LogP contribution is -2.04. The first-order valence-electron chi connectivity index (χ1n) is 6.60. The topological polar surface area (TPSA) is 62.2 Å². The number of hydrogen-bond donors (Lipinski definition) is 2.